The van der Waals surface area contributed by atoms with Crippen LogP contribution in [-0.4, -0.2) is 49.6 Å². The van der Waals surface area contributed by atoms with E-state index in [1.165, 1.54) is 0 Å². The molecule has 1 amide bonds. The maximum absolute atomic E-state index is 11.7. The van der Waals surface area contributed by atoms with Gasteiger partial charge in [0, 0.05) is 45.2 Å². The highest BCUT2D eigenvalue weighted by Crippen LogP contribution is 2.26. The Morgan fingerprint density at radius 2 is 1.90 bits per heavy atom. The minimum Gasteiger partial charge on any atom is -0.368 e. The summed E-state index contributed by atoms with van der Waals surface area (Å²) >= 11 is 6.24. The van der Waals surface area contributed by atoms with Crippen LogP contribution < -0.4 is 10.2 Å². The SMILES string of the molecule is O=C(CCN1CCN(c2ccccc2Cl)CC1)NC1CC1. The van der Waals surface area contributed by atoms with Crippen molar-refractivity contribution >= 4 is 23.2 Å². The highest BCUT2D eigenvalue weighted by atomic mass is 35.5. The topological polar surface area (TPSA) is 35.6 Å². The number of anilines is 1. The molecule has 0 radical (unpaired) electrons. The molecule has 1 aliphatic heterocycles. The smallest absolute Gasteiger partial charge is 0.221 e. The van der Waals surface area contributed by atoms with Gasteiger partial charge < -0.3 is 10.2 Å². The van der Waals surface area contributed by atoms with Crippen molar-refractivity contribution in [2.45, 2.75) is 25.3 Å². The van der Waals surface area contributed by atoms with Crippen LogP contribution >= 0.6 is 11.6 Å². The minimum atomic E-state index is 0.200. The Hall–Kier alpha value is -1.26. The first-order valence-electron chi connectivity index (χ1n) is 7.73. The van der Waals surface area contributed by atoms with E-state index in [9.17, 15) is 4.79 Å². The van der Waals surface area contributed by atoms with Crippen LogP contribution in [0.15, 0.2) is 24.3 Å². The summed E-state index contributed by atoms with van der Waals surface area (Å²) < 4.78 is 0. The maximum Gasteiger partial charge on any atom is 0.221 e. The van der Waals surface area contributed by atoms with Gasteiger partial charge in [-0.15, -0.1) is 0 Å². The molecule has 1 saturated carbocycles. The molecule has 1 aromatic rings. The van der Waals surface area contributed by atoms with Crippen LogP contribution in [0.5, 0.6) is 0 Å². The van der Waals surface area contributed by atoms with E-state index in [0.29, 0.717) is 12.5 Å². The number of hydrogen-bond donors (Lipinski definition) is 1. The van der Waals surface area contributed by atoms with Crippen LogP contribution in [0.3, 0.4) is 0 Å². The van der Waals surface area contributed by atoms with Crippen molar-refractivity contribution in [2.24, 2.45) is 0 Å². The number of rotatable bonds is 5. The number of nitrogens with zero attached hydrogens (tertiary/aromatic N) is 2. The van der Waals surface area contributed by atoms with Gasteiger partial charge in [-0.1, -0.05) is 23.7 Å². The fraction of sp³-hybridized carbons (Fsp3) is 0.562. The van der Waals surface area contributed by atoms with Crippen molar-refractivity contribution in [2.75, 3.05) is 37.6 Å². The molecule has 0 spiro atoms. The van der Waals surface area contributed by atoms with Crippen LogP contribution in [-0.2, 0) is 4.79 Å². The van der Waals surface area contributed by atoms with Crippen molar-refractivity contribution in [1.82, 2.24) is 10.2 Å². The average molecular weight is 308 g/mol. The van der Waals surface area contributed by atoms with Crippen LogP contribution in [0.4, 0.5) is 5.69 Å². The Bertz CT molecular complexity index is 496. The zero-order valence-electron chi connectivity index (χ0n) is 12.2. The molecule has 1 aliphatic carbocycles. The number of amides is 1. The predicted octanol–water partition coefficient (Wildman–Crippen LogP) is 2.13. The predicted molar refractivity (Wildman–Crippen MR) is 85.9 cm³/mol. The zero-order chi connectivity index (χ0) is 14.7. The molecule has 1 N–H and O–H groups in total. The quantitative estimate of drug-likeness (QED) is 0.905. The van der Waals surface area contributed by atoms with Crippen LogP contribution in [0.25, 0.3) is 0 Å². The first-order valence-corrected chi connectivity index (χ1v) is 8.11. The maximum atomic E-state index is 11.7. The molecule has 1 aromatic carbocycles. The molecule has 2 aliphatic rings. The van der Waals surface area contributed by atoms with Crippen molar-refractivity contribution in [3.8, 4) is 0 Å². The van der Waals surface area contributed by atoms with Crippen molar-refractivity contribution in [3.05, 3.63) is 29.3 Å². The largest absolute Gasteiger partial charge is 0.368 e. The van der Waals surface area contributed by atoms with Gasteiger partial charge in [0.25, 0.3) is 0 Å². The summed E-state index contributed by atoms with van der Waals surface area (Å²) in [6, 6.07) is 8.46. The molecule has 3 rings (SSSR count). The van der Waals surface area contributed by atoms with E-state index in [0.717, 1.165) is 56.3 Å². The zero-order valence-corrected chi connectivity index (χ0v) is 13.0. The average Bonchev–Trinajstić information content (AvgIpc) is 3.30. The normalized spacial score (nSPS) is 19.6. The second-order valence-electron chi connectivity index (χ2n) is 5.87. The molecule has 21 heavy (non-hydrogen) atoms. The standard InChI is InChI=1S/C16H22ClN3O/c17-14-3-1-2-4-15(14)20-11-9-19(10-12-20)8-7-16(21)18-13-5-6-13/h1-4,13H,5-12H2,(H,18,21). The number of benzene rings is 1. The lowest BCUT2D eigenvalue weighted by molar-refractivity contribution is -0.121. The summed E-state index contributed by atoms with van der Waals surface area (Å²) in [5.74, 6) is 0.200. The molecular weight excluding hydrogens is 286 g/mol. The Morgan fingerprint density at radius 1 is 1.19 bits per heavy atom. The molecule has 1 saturated heterocycles. The fourth-order valence-corrected chi connectivity index (χ4v) is 2.96. The van der Waals surface area contributed by atoms with Crippen LogP contribution in [0.2, 0.25) is 5.02 Å². The molecule has 0 aromatic heterocycles. The lowest BCUT2D eigenvalue weighted by atomic mass is 10.2. The van der Waals surface area contributed by atoms with Gasteiger partial charge >= 0.3 is 0 Å². The number of para-hydroxylation sites is 1. The molecule has 0 bridgehead atoms. The minimum absolute atomic E-state index is 0.200. The molecule has 1 heterocycles. The lowest BCUT2D eigenvalue weighted by Gasteiger charge is -2.36. The number of piperazine rings is 1. The molecule has 114 valence electrons. The van der Waals surface area contributed by atoms with Gasteiger partial charge in [0.2, 0.25) is 5.91 Å². The molecule has 2 fully saturated rings. The second kappa shape index (κ2) is 6.67. The van der Waals surface area contributed by atoms with Crippen molar-refractivity contribution in [3.63, 3.8) is 0 Å². The second-order valence-corrected chi connectivity index (χ2v) is 6.28. The van der Waals surface area contributed by atoms with Crippen molar-refractivity contribution < 1.29 is 4.79 Å². The highest BCUT2D eigenvalue weighted by Gasteiger charge is 2.24. The van der Waals surface area contributed by atoms with Crippen molar-refractivity contribution in [1.29, 1.82) is 0 Å². The Kier molecular flexibility index (Phi) is 4.66. The summed E-state index contributed by atoms with van der Waals surface area (Å²) in [6.07, 6.45) is 2.92. The molecule has 4 nitrogen and oxygen atoms in total. The van der Waals surface area contributed by atoms with Gasteiger partial charge in [-0.2, -0.15) is 0 Å². The highest BCUT2D eigenvalue weighted by molar-refractivity contribution is 6.33. The van der Waals surface area contributed by atoms with Gasteiger partial charge in [-0.05, 0) is 25.0 Å². The third-order valence-electron chi connectivity index (χ3n) is 4.16. The fourth-order valence-electron chi connectivity index (χ4n) is 2.71. The third-order valence-corrected chi connectivity index (χ3v) is 4.48. The number of halogens is 1. The third kappa shape index (κ3) is 4.11. The summed E-state index contributed by atoms with van der Waals surface area (Å²) in [6.45, 7) is 4.76. The molecular formula is C16H22ClN3O. The Labute approximate surface area is 131 Å². The van der Waals surface area contributed by atoms with E-state index in [1.807, 2.05) is 18.2 Å². The summed E-state index contributed by atoms with van der Waals surface area (Å²) in [7, 11) is 0. The molecule has 0 atom stereocenters. The van der Waals surface area contributed by atoms with Gasteiger partial charge in [0.15, 0.2) is 0 Å². The number of carbonyl (C=O) groups excluding carboxylic acids is 1. The van der Waals surface area contributed by atoms with E-state index in [4.69, 9.17) is 11.6 Å². The van der Waals surface area contributed by atoms with Gasteiger partial charge in [-0.3, -0.25) is 9.69 Å². The van der Waals surface area contributed by atoms with E-state index >= 15 is 0 Å². The van der Waals surface area contributed by atoms with E-state index in [2.05, 4.69) is 21.2 Å². The summed E-state index contributed by atoms with van der Waals surface area (Å²) in [4.78, 5) is 16.4. The Morgan fingerprint density at radius 3 is 2.57 bits per heavy atom. The molecule has 0 unspecified atom stereocenters. The van der Waals surface area contributed by atoms with Gasteiger partial charge in [0.05, 0.1) is 10.7 Å². The van der Waals surface area contributed by atoms with Crippen LogP contribution in [0, 0.1) is 0 Å². The lowest BCUT2D eigenvalue weighted by Crippen LogP contribution is -2.47. The van der Waals surface area contributed by atoms with E-state index < -0.39 is 0 Å². The monoisotopic (exact) mass is 307 g/mol. The van der Waals surface area contributed by atoms with Gasteiger partial charge in [-0.25, -0.2) is 0 Å². The number of nitrogens with one attached hydrogen (secondary N) is 1. The van der Waals surface area contributed by atoms with E-state index in [-0.39, 0.29) is 5.91 Å². The first-order chi connectivity index (χ1) is 10.2. The Balaban J connectivity index is 1.42. The number of carbonyl (C=O) groups is 1. The summed E-state index contributed by atoms with van der Waals surface area (Å²) in [5.41, 5.74) is 1.12. The number of hydrogen-bond acceptors (Lipinski definition) is 3. The summed E-state index contributed by atoms with van der Waals surface area (Å²) in [5, 5.41) is 3.86. The first kappa shape index (κ1) is 14.7. The van der Waals surface area contributed by atoms with Crippen LogP contribution in [0.1, 0.15) is 19.3 Å². The molecule has 5 heteroatoms. The van der Waals surface area contributed by atoms with E-state index in [1.54, 1.807) is 0 Å². The van der Waals surface area contributed by atoms with Gasteiger partial charge in [0.1, 0.15) is 0 Å².